The number of halogens is 2. The number of hydrogen-bond acceptors (Lipinski definition) is 3. The van der Waals surface area contributed by atoms with Gasteiger partial charge in [-0.25, -0.2) is 8.78 Å². The van der Waals surface area contributed by atoms with Gasteiger partial charge in [0, 0.05) is 31.8 Å². The molecule has 3 nitrogen and oxygen atoms in total. The van der Waals surface area contributed by atoms with Crippen LogP contribution in [0.5, 0.6) is 0 Å². The van der Waals surface area contributed by atoms with E-state index in [0.717, 1.165) is 12.8 Å². The molecule has 120 valence electrons. The summed E-state index contributed by atoms with van der Waals surface area (Å²) in [7, 11) is 1.62. The van der Waals surface area contributed by atoms with Gasteiger partial charge >= 0.3 is 0 Å². The highest BCUT2D eigenvalue weighted by molar-refractivity contribution is 5.24. The lowest BCUT2D eigenvalue weighted by Crippen LogP contribution is -2.43. The molecule has 0 fully saturated rings. The maximum Gasteiger partial charge on any atom is 0.130 e. The van der Waals surface area contributed by atoms with Crippen molar-refractivity contribution in [2.75, 3.05) is 26.8 Å². The lowest BCUT2D eigenvalue weighted by Gasteiger charge is -2.37. The van der Waals surface area contributed by atoms with Gasteiger partial charge in [-0.2, -0.15) is 0 Å². The van der Waals surface area contributed by atoms with Crippen molar-refractivity contribution in [2.24, 2.45) is 5.73 Å². The number of benzene rings is 1. The van der Waals surface area contributed by atoms with Crippen molar-refractivity contribution < 1.29 is 13.5 Å². The molecule has 0 aliphatic heterocycles. The van der Waals surface area contributed by atoms with E-state index < -0.39 is 17.7 Å². The molecule has 1 rings (SSSR count). The van der Waals surface area contributed by atoms with E-state index in [1.807, 2.05) is 0 Å². The van der Waals surface area contributed by atoms with Crippen LogP contribution >= 0.6 is 0 Å². The Morgan fingerprint density at radius 1 is 1.19 bits per heavy atom. The van der Waals surface area contributed by atoms with E-state index in [1.165, 1.54) is 18.2 Å². The quantitative estimate of drug-likeness (QED) is 0.761. The number of hydrogen-bond donors (Lipinski definition) is 1. The Balaban J connectivity index is 3.16. The number of methoxy groups -OCH3 is 1. The molecule has 0 aliphatic rings. The Bertz CT molecular complexity index is 404. The molecule has 0 heterocycles. The molecule has 1 unspecified atom stereocenters. The molecule has 0 saturated heterocycles. The zero-order valence-electron chi connectivity index (χ0n) is 13.1. The molecule has 0 radical (unpaired) electrons. The minimum Gasteiger partial charge on any atom is -0.383 e. The number of ether oxygens (including phenoxy) is 1. The maximum absolute atomic E-state index is 14.1. The summed E-state index contributed by atoms with van der Waals surface area (Å²) in [5.41, 5.74) is 5.90. The van der Waals surface area contributed by atoms with Crippen LogP contribution in [0.3, 0.4) is 0 Å². The van der Waals surface area contributed by atoms with Crippen LogP contribution in [-0.4, -0.2) is 37.7 Å². The normalized spacial score (nSPS) is 13.1. The summed E-state index contributed by atoms with van der Waals surface area (Å²) < 4.78 is 33.3. The van der Waals surface area contributed by atoms with Crippen LogP contribution in [0.2, 0.25) is 0 Å². The van der Waals surface area contributed by atoms with Crippen molar-refractivity contribution in [1.82, 2.24) is 4.90 Å². The second-order valence-electron chi connectivity index (χ2n) is 5.09. The van der Waals surface area contributed by atoms with Crippen molar-refractivity contribution in [2.45, 2.75) is 38.8 Å². The van der Waals surface area contributed by atoms with Gasteiger partial charge in [0.2, 0.25) is 0 Å². The zero-order chi connectivity index (χ0) is 15.8. The molecule has 0 bridgehead atoms. The van der Waals surface area contributed by atoms with Crippen molar-refractivity contribution in [3.8, 4) is 0 Å². The highest BCUT2D eigenvalue weighted by Crippen LogP contribution is 2.28. The SMILES string of the molecule is CCC(CC)N(CCOC)C(CN)c1c(F)cccc1F. The third-order valence-electron chi connectivity index (χ3n) is 3.92. The van der Waals surface area contributed by atoms with E-state index in [4.69, 9.17) is 10.5 Å². The zero-order valence-corrected chi connectivity index (χ0v) is 13.1. The average Bonchev–Trinajstić information content (AvgIpc) is 2.48. The van der Waals surface area contributed by atoms with Crippen LogP contribution < -0.4 is 5.73 Å². The summed E-state index contributed by atoms with van der Waals surface area (Å²) >= 11 is 0. The molecular formula is C16H26F2N2O. The molecular weight excluding hydrogens is 274 g/mol. The molecule has 2 N–H and O–H groups in total. The van der Waals surface area contributed by atoms with E-state index >= 15 is 0 Å². The minimum absolute atomic E-state index is 0.0583. The molecule has 0 amide bonds. The fourth-order valence-corrected chi connectivity index (χ4v) is 2.80. The van der Waals surface area contributed by atoms with Crippen LogP contribution in [0, 0.1) is 11.6 Å². The Morgan fingerprint density at radius 2 is 1.76 bits per heavy atom. The Hall–Kier alpha value is -1.04. The lowest BCUT2D eigenvalue weighted by molar-refractivity contribution is 0.0788. The van der Waals surface area contributed by atoms with E-state index in [-0.39, 0.29) is 18.2 Å². The molecule has 1 atom stereocenters. The largest absolute Gasteiger partial charge is 0.383 e. The summed E-state index contributed by atoms with van der Waals surface area (Å²) in [6.45, 7) is 5.40. The first kappa shape index (κ1) is 18.0. The highest BCUT2D eigenvalue weighted by atomic mass is 19.1. The summed E-state index contributed by atoms with van der Waals surface area (Å²) in [6, 6.07) is 3.67. The number of rotatable bonds is 9. The second kappa shape index (κ2) is 9.07. The van der Waals surface area contributed by atoms with Gasteiger partial charge in [0.25, 0.3) is 0 Å². The smallest absolute Gasteiger partial charge is 0.130 e. The topological polar surface area (TPSA) is 38.5 Å². The van der Waals surface area contributed by atoms with Gasteiger partial charge in [-0.15, -0.1) is 0 Å². The predicted molar refractivity (Wildman–Crippen MR) is 81.1 cm³/mol. The second-order valence-corrected chi connectivity index (χ2v) is 5.09. The first-order valence-electron chi connectivity index (χ1n) is 7.49. The summed E-state index contributed by atoms with van der Waals surface area (Å²) in [5, 5.41) is 0. The third kappa shape index (κ3) is 4.46. The summed E-state index contributed by atoms with van der Waals surface area (Å²) in [5.74, 6) is -1.09. The molecule has 1 aromatic carbocycles. The Kier molecular flexibility index (Phi) is 7.78. The molecule has 0 spiro atoms. The number of nitrogens with zero attached hydrogens (tertiary/aromatic N) is 1. The first-order chi connectivity index (χ1) is 10.1. The molecule has 0 aromatic heterocycles. The van der Waals surface area contributed by atoms with Crippen LogP contribution in [0.25, 0.3) is 0 Å². The van der Waals surface area contributed by atoms with Gasteiger partial charge in [-0.05, 0) is 25.0 Å². The Labute approximate surface area is 126 Å². The van der Waals surface area contributed by atoms with Crippen molar-refractivity contribution >= 4 is 0 Å². The first-order valence-corrected chi connectivity index (χ1v) is 7.49. The van der Waals surface area contributed by atoms with E-state index in [1.54, 1.807) is 7.11 Å². The fraction of sp³-hybridized carbons (Fsp3) is 0.625. The average molecular weight is 300 g/mol. The summed E-state index contributed by atoms with van der Waals surface area (Å²) in [6.07, 6.45) is 1.79. The number of nitrogens with two attached hydrogens (primary N) is 1. The van der Waals surface area contributed by atoms with Crippen molar-refractivity contribution in [1.29, 1.82) is 0 Å². The molecule has 0 aliphatic carbocycles. The van der Waals surface area contributed by atoms with Crippen LogP contribution in [0.15, 0.2) is 18.2 Å². The molecule has 0 saturated carbocycles. The van der Waals surface area contributed by atoms with Crippen molar-refractivity contribution in [3.05, 3.63) is 35.4 Å². The van der Waals surface area contributed by atoms with E-state index in [9.17, 15) is 8.78 Å². The van der Waals surface area contributed by atoms with Crippen LogP contribution in [-0.2, 0) is 4.74 Å². The van der Waals surface area contributed by atoms with E-state index in [0.29, 0.717) is 13.2 Å². The lowest BCUT2D eigenvalue weighted by atomic mass is 9.99. The molecule has 1 aromatic rings. The van der Waals surface area contributed by atoms with Gasteiger partial charge in [-0.3, -0.25) is 4.90 Å². The monoisotopic (exact) mass is 300 g/mol. The van der Waals surface area contributed by atoms with Gasteiger partial charge < -0.3 is 10.5 Å². The predicted octanol–water partition coefficient (Wildman–Crippen LogP) is 3.10. The fourth-order valence-electron chi connectivity index (χ4n) is 2.80. The molecule has 5 heteroatoms. The van der Waals surface area contributed by atoms with Crippen LogP contribution in [0.1, 0.15) is 38.3 Å². The maximum atomic E-state index is 14.1. The van der Waals surface area contributed by atoms with E-state index in [2.05, 4.69) is 18.7 Å². The van der Waals surface area contributed by atoms with Gasteiger partial charge in [0.15, 0.2) is 0 Å². The van der Waals surface area contributed by atoms with Crippen LogP contribution in [0.4, 0.5) is 8.78 Å². The van der Waals surface area contributed by atoms with Gasteiger partial charge in [0.1, 0.15) is 11.6 Å². The van der Waals surface area contributed by atoms with Gasteiger partial charge in [0.05, 0.1) is 12.6 Å². The Morgan fingerprint density at radius 3 is 2.19 bits per heavy atom. The highest BCUT2D eigenvalue weighted by Gasteiger charge is 2.28. The van der Waals surface area contributed by atoms with Crippen molar-refractivity contribution in [3.63, 3.8) is 0 Å². The standard InChI is InChI=1S/C16H26F2N2O/c1-4-12(5-2)20(9-10-21-3)15(11-19)16-13(17)7-6-8-14(16)18/h6-8,12,15H,4-5,9-11,19H2,1-3H3. The third-order valence-corrected chi connectivity index (χ3v) is 3.92. The summed E-state index contributed by atoms with van der Waals surface area (Å²) in [4.78, 5) is 2.06. The molecule has 21 heavy (non-hydrogen) atoms. The minimum atomic E-state index is -0.543. The van der Waals surface area contributed by atoms with Gasteiger partial charge in [-0.1, -0.05) is 19.9 Å².